The molecule has 0 N–H and O–H groups in total. The van der Waals surface area contributed by atoms with Crippen LogP contribution in [0.5, 0.6) is 0 Å². The maximum absolute atomic E-state index is 12.3. The highest BCUT2D eigenvalue weighted by atomic mass is 35.5. The third-order valence-electron chi connectivity index (χ3n) is 3.88. The highest BCUT2D eigenvalue weighted by molar-refractivity contribution is 6.31. The number of nitro groups is 1. The molecule has 2 aromatic carbocycles. The fraction of sp³-hybridized carbons (Fsp3) is 0.235. The molecule has 0 saturated heterocycles. The first kappa shape index (κ1) is 14.7. The molecule has 112 valence electrons. The smallest absolute Gasteiger partial charge is 0.269 e. The summed E-state index contributed by atoms with van der Waals surface area (Å²) < 4.78 is 0. The first-order valence-electron chi connectivity index (χ1n) is 7.10. The van der Waals surface area contributed by atoms with Crippen molar-refractivity contribution in [3.05, 3.63) is 74.3 Å². The minimum absolute atomic E-state index is 0.0247. The van der Waals surface area contributed by atoms with E-state index in [2.05, 4.69) is 0 Å². The third-order valence-corrected chi connectivity index (χ3v) is 4.23. The number of halogens is 1. The number of Topliss-reactive ketones (excluding diaryl/α,β-unsaturated/α-hetero) is 1. The molecule has 1 saturated carbocycles. The number of nitro benzene ring substituents is 1. The molecule has 4 nitrogen and oxygen atoms in total. The maximum Gasteiger partial charge on any atom is 0.269 e. The molecule has 0 unspecified atom stereocenters. The number of carbonyl (C=O) groups excluding carboxylic acids is 1. The summed E-state index contributed by atoms with van der Waals surface area (Å²) >= 11 is 6.26. The van der Waals surface area contributed by atoms with Crippen LogP contribution in [-0.2, 0) is 6.42 Å². The summed E-state index contributed by atoms with van der Waals surface area (Å²) in [5, 5.41) is 11.2. The second kappa shape index (κ2) is 5.89. The fourth-order valence-electron chi connectivity index (χ4n) is 2.42. The van der Waals surface area contributed by atoms with E-state index in [-0.39, 0.29) is 17.9 Å². The van der Waals surface area contributed by atoms with Crippen LogP contribution in [0.15, 0.2) is 42.5 Å². The Morgan fingerprint density at radius 2 is 1.86 bits per heavy atom. The molecule has 1 fully saturated rings. The van der Waals surface area contributed by atoms with E-state index in [0.29, 0.717) is 16.5 Å². The summed E-state index contributed by atoms with van der Waals surface area (Å²) in [6, 6.07) is 11.5. The van der Waals surface area contributed by atoms with Gasteiger partial charge < -0.3 is 0 Å². The summed E-state index contributed by atoms with van der Waals surface area (Å²) in [6.45, 7) is 0. The Kier molecular flexibility index (Phi) is 3.94. The number of rotatable bonds is 5. The first-order chi connectivity index (χ1) is 10.5. The van der Waals surface area contributed by atoms with Gasteiger partial charge in [-0.25, -0.2) is 0 Å². The average Bonchev–Trinajstić information content (AvgIpc) is 3.34. The van der Waals surface area contributed by atoms with Crippen molar-refractivity contribution in [2.75, 3.05) is 0 Å². The molecule has 0 atom stereocenters. The molecule has 0 aromatic heterocycles. The van der Waals surface area contributed by atoms with Crippen LogP contribution >= 0.6 is 11.6 Å². The molecule has 1 aliphatic rings. The van der Waals surface area contributed by atoms with E-state index in [4.69, 9.17) is 11.6 Å². The van der Waals surface area contributed by atoms with Crippen molar-refractivity contribution in [3.63, 3.8) is 0 Å². The summed E-state index contributed by atoms with van der Waals surface area (Å²) in [6.07, 6.45) is 2.61. The van der Waals surface area contributed by atoms with Crippen molar-refractivity contribution in [2.45, 2.75) is 25.2 Å². The maximum atomic E-state index is 12.3. The number of nitrogens with zero attached hydrogens (tertiary/aromatic N) is 1. The lowest BCUT2D eigenvalue weighted by atomic mass is 10.0. The van der Waals surface area contributed by atoms with E-state index in [1.807, 2.05) is 18.2 Å². The number of hydrogen-bond donors (Lipinski definition) is 0. The Bertz CT molecular complexity index is 736. The van der Waals surface area contributed by atoms with E-state index < -0.39 is 4.92 Å². The zero-order valence-corrected chi connectivity index (χ0v) is 12.5. The molecule has 3 rings (SSSR count). The van der Waals surface area contributed by atoms with Crippen LogP contribution in [-0.4, -0.2) is 10.7 Å². The molecule has 0 amide bonds. The Morgan fingerprint density at radius 1 is 1.18 bits per heavy atom. The van der Waals surface area contributed by atoms with Gasteiger partial charge in [0, 0.05) is 29.1 Å². The lowest BCUT2D eigenvalue weighted by Crippen LogP contribution is -2.04. The number of benzene rings is 2. The molecular weight excluding hydrogens is 302 g/mol. The van der Waals surface area contributed by atoms with Crippen molar-refractivity contribution in [1.82, 2.24) is 0 Å². The highest BCUT2D eigenvalue weighted by Crippen LogP contribution is 2.41. The predicted octanol–water partition coefficient (Wildman–Crippen LogP) is 4.55. The Hall–Kier alpha value is -2.20. The van der Waals surface area contributed by atoms with Gasteiger partial charge in [-0.05, 0) is 48.1 Å². The normalized spacial score (nSPS) is 13.9. The molecular formula is C17H14ClNO3. The van der Waals surface area contributed by atoms with Crippen LogP contribution < -0.4 is 0 Å². The molecule has 0 bridgehead atoms. The molecule has 22 heavy (non-hydrogen) atoms. The van der Waals surface area contributed by atoms with Gasteiger partial charge in [0.2, 0.25) is 0 Å². The van der Waals surface area contributed by atoms with Crippen LogP contribution in [0.4, 0.5) is 5.69 Å². The second-order valence-corrected chi connectivity index (χ2v) is 5.94. The lowest BCUT2D eigenvalue weighted by Gasteiger charge is -2.06. The summed E-state index contributed by atoms with van der Waals surface area (Å²) in [4.78, 5) is 22.4. The summed E-state index contributed by atoms with van der Waals surface area (Å²) in [5.41, 5.74) is 2.45. The van der Waals surface area contributed by atoms with Crippen LogP contribution in [0, 0.1) is 10.1 Å². The first-order valence-corrected chi connectivity index (χ1v) is 7.48. The van der Waals surface area contributed by atoms with Gasteiger partial charge in [0.1, 0.15) is 0 Å². The molecule has 0 spiro atoms. The van der Waals surface area contributed by atoms with Crippen molar-refractivity contribution >= 4 is 23.1 Å². The summed E-state index contributed by atoms with van der Waals surface area (Å²) in [7, 11) is 0. The van der Waals surface area contributed by atoms with Gasteiger partial charge in [-0.2, -0.15) is 0 Å². The molecule has 0 radical (unpaired) electrons. The fourth-order valence-corrected chi connectivity index (χ4v) is 2.68. The number of non-ortho nitro benzene ring substituents is 1. The van der Waals surface area contributed by atoms with E-state index in [1.54, 1.807) is 0 Å². The molecule has 0 aliphatic heterocycles. The van der Waals surface area contributed by atoms with E-state index in [0.717, 1.165) is 5.56 Å². The van der Waals surface area contributed by atoms with Gasteiger partial charge in [0.15, 0.2) is 5.78 Å². The van der Waals surface area contributed by atoms with Crippen LogP contribution in [0.2, 0.25) is 5.02 Å². The summed E-state index contributed by atoms with van der Waals surface area (Å²) in [5.74, 6) is 0.521. The quantitative estimate of drug-likeness (QED) is 0.462. The molecule has 0 heterocycles. The Balaban J connectivity index is 1.74. The largest absolute Gasteiger partial charge is 0.294 e. The van der Waals surface area contributed by atoms with Crippen molar-refractivity contribution < 1.29 is 9.72 Å². The topological polar surface area (TPSA) is 60.2 Å². The lowest BCUT2D eigenvalue weighted by molar-refractivity contribution is -0.384. The predicted molar refractivity (Wildman–Crippen MR) is 84.6 cm³/mol. The van der Waals surface area contributed by atoms with Gasteiger partial charge in [-0.15, -0.1) is 0 Å². The van der Waals surface area contributed by atoms with Gasteiger partial charge in [0.05, 0.1) is 4.92 Å². The molecule has 1 aliphatic carbocycles. The number of hydrogen-bond acceptors (Lipinski definition) is 3. The van der Waals surface area contributed by atoms with E-state index >= 15 is 0 Å². The third kappa shape index (κ3) is 3.17. The monoisotopic (exact) mass is 315 g/mol. The van der Waals surface area contributed by atoms with Gasteiger partial charge in [-0.1, -0.05) is 23.7 Å². The zero-order chi connectivity index (χ0) is 15.7. The zero-order valence-electron chi connectivity index (χ0n) is 11.8. The van der Waals surface area contributed by atoms with Crippen LogP contribution in [0.1, 0.15) is 40.2 Å². The van der Waals surface area contributed by atoms with E-state index in [1.165, 1.54) is 42.7 Å². The van der Waals surface area contributed by atoms with Crippen LogP contribution in [0.25, 0.3) is 0 Å². The van der Waals surface area contributed by atoms with Gasteiger partial charge >= 0.3 is 0 Å². The average molecular weight is 316 g/mol. The molecule has 2 aromatic rings. The van der Waals surface area contributed by atoms with E-state index in [9.17, 15) is 14.9 Å². The van der Waals surface area contributed by atoms with Gasteiger partial charge in [-0.3, -0.25) is 14.9 Å². The Morgan fingerprint density at radius 3 is 2.41 bits per heavy atom. The SMILES string of the molecule is O=C(Cc1ccc(C2CC2)cc1Cl)c1ccc([N+](=O)[O-])cc1. The van der Waals surface area contributed by atoms with Gasteiger partial charge in [0.25, 0.3) is 5.69 Å². The minimum atomic E-state index is -0.484. The van der Waals surface area contributed by atoms with Crippen LogP contribution in [0.3, 0.4) is 0 Å². The van der Waals surface area contributed by atoms with Crippen molar-refractivity contribution in [3.8, 4) is 0 Å². The highest BCUT2D eigenvalue weighted by Gasteiger charge is 2.24. The Labute approximate surface area is 132 Å². The number of ketones is 1. The minimum Gasteiger partial charge on any atom is -0.294 e. The number of carbonyl (C=O) groups is 1. The second-order valence-electron chi connectivity index (χ2n) is 5.53. The van der Waals surface area contributed by atoms with Crippen molar-refractivity contribution in [1.29, 1.82) is 0 Å². The standard InChI is InChI=1S/C17H14ClNO3/c18-16-9-13(11-1-2-11)3-4-14(16)10-17(20)12-5-7-15(8-6-12)19(21)22/h3-9,11H,1-2,10H2. The van der Waals surface area contributed by atoms with Crippen molar-refractivity contribution in [2.24, 2.45) is 0 Å². The molecule has 5 heteroatoms.